The van der Waals surface area contributed by atoms with Crippen LogP contribution < -0.4 is 0 Å². The summed E-state index contributed by atoms with van der Waals surface area (Å²) in [5.74, 6) is 0. The molecule has 4 nitrogen and oxygen atoms in total. The lowest BCUT2D eigenvalue weighted by Gasteiger charge is -2.20. The summed E-state index contributed by atoms with van der Waals surface area (Å²) in [7, 11) is 0.702. The standard InChI is InChI=1S/C6H13NO3Si/c1-8-11(3,9-2)10-6-4-5-7/h4,6H2,1-3H3. The molecular weight excluding hydrogens is 162 g/mol. The molecule has 0 saturated heterocycles. The van der Waals surface area contributed by atoms with Crippen molar-refractivity contribution in [1.29, 1.82) is 5.26 Å². The minimum atomic E-state index is -2.39. The van der Waals surface area contributed by atoms with E-state index in [1.54, 1.807) is 20.8 Å². The Hall–Kier alpha value is -0.413. The highest BCUT2D eigenvalue weighted by atomic mass is 28.4. The fraction of sp³-hybridized carbons (Fsp3) is 0.833. The summed E-state index contributed by atoms with van der Waals surface area (Å²) < 4.78 is 15.3. The molecule has 0 aromatic rings. The minimum Gasteiger partial charge on any atom is -0.377 e. The highest BCUT2D eigenvalue weighted by molar-refractivity contribution is 6.59. The van der Waals surface area contributed by atoms with Crippen LogP contribution in [0.4, 0.5) is 0 Å². The van der Waals surface area contributed by atoms with Crippen molar-refractivity contribution < 1.29 is 13.3 Å². The molecule has 11 heavy (non-hydrogen) atoms. The van der Waals surface area contributed by atoms with Gasteiger partial charge in [-0.15, -0.1) is 0 Å². The van der Waals surface area contributed by atoms with Crippen LogP contribution in [0.3, 0.4) is 0 Å². The first-order valence-electron chi connectivity index (χ1n) is 3.29. The molecule has 0 rings (SSSR count). The zero-order valence-electron chi connectivity index (χ0n) is 7.09. The lowest BCUT2D eigenvalue weighted by molar-refractivity contribution is 0.108. The molecule has 0 unspecified atom stereocenters. The van der Waals surface area contributed by atoms with Crippen LogP contribution in [0.2, 0.25) is 6.55 Å². The highest BCUT2D eigenvalue weighted by Crippen LogP contribution is 2.05. The fourth-order valence-corrected chi connectivity index (χ4v) is 1.36. The maximum atomic E-state index is 8.21. The van der Waals surface area contributed by atoms with Gasteiger partial charge < -0.3 is 13.3 Å². The molecule has 0 spiro atoms. The molecule has 0 aromatic heterocycles. The average Bonchev–Trinajstić information content (AvgIpc) is 2.05. The second kappa shape index (κ2) is 5.27. The van der Waals surface area contributed by atoms with Gasteiger partial charge in [-0.1, -0.05) is 0 Å². The van der Waals surface area contributed by atoms with Crippen LogP contribution in [0, 0.1) is 11.3 Å². The zero-order chi connectivity index (χ0) is 8.74. The van der Waals surface area contributed by atoms with Gasteiger partial charge in [-0.3, -0.25) is 0 Å². The second-order valence-electron chi connectivity index (χ2n) is 2.03. The van der Waals surface area contributed by atoms with E-state index in [4.69, 9.17) is 18.5 Å². The summed E-state index contributed by atoms with van der Waals surface area (Å²) >= 11 is 0. The van der Waals surface area contributed by atoms with Gasteiger partial charge in [-0.25, -0.2) is 0 Å². The molecule has 0 N–H and O–H groups in total. The largest absolute Gasteiger partial charge is 0.497 e. The summed E-state index contributed by atoms with van der Waals surface area (Å²) in [5.41, 5.74) is 0. The smallest absolute Gasteiger partial charge is 0.377 e. The van der Waals surface area contributed by atoms with Crippen LogP contribution in [-0.4, -0.2) is 29.6 Å². The van der Waals surface area contributed by atoms with Gasteiger partial charge in [0.15, 0.2) is 0 Å². The predicted octanol–water partition coefficient (Wildman–Crippen LogP) is 0.778. The molecular formula is C6H13NO3Si. The lowest BCUT2D eigenvalue weighted by atomic mass is 10.5. The summed E-state index contributed by atoms with van der Waals surface area (Å²) in [6.45, 7) is 2.16. The number of hydrogen-bond donors (Lipinski definition) is 0. The molecule has 0 aliphatic rings. The van der Waals surface area contributed by atoms with Crippen LogP contribution in [0.1, 0.15) is 6.42 Å². The number of hydrogen-bond acceptors (Lipinski definition) is 4. The van der Waals surface area contributed by atoms with E-state index in [2.05, 4.69) is 0 Å². The molecule has 5 heteroatoms. The number of rotatable bonds is 5. The molecule has 0 aromatic carbocycles. The summed E-state index contributed by atoms with van der Waals surface area (Å²) in [4.78, 5) is 0. The monoisotopic (exact) mass is 175 g/mol. The van der Waals surface area contributed by atoms with Gasteiger partial charge in [0.1, 0.15) is 0 Å². The Bertz CT molecular complexity index is 141. The molecule has 0 saturated carbocycles. The van der Waals surface area contributed by atoms with Crippen LogP contribution in [-0.2, 0) is 13.3 Å². The van der Waals surface area contributed by atoms with Crippen molar-refractivity contribution in [3.05, 3.63) is 0 Å². The third kappa shape index (κ3) is 4.11. The van der Waals surface area contributed by atoms with Gasteiger partial charge in [0.25, 0.3) is 0 Å². The van der Waals surface area contributed by atoms with E-state index in [0.29, 0.717) is 13.0 Å². The first-order chi connectivity index (χ1) is 5.18. The van der Waals surface area contributed by atoms with Crippen molar-refractivity contribution >= 4 is 8.80 Å². The number of nitrogens with zero attached hydrogens (tertiary/aromatic N) is 1. The molecule has 0 aliphatic heterocycles. The first kappa shape index (κ1) is 10.6. The second-order valence-corrected chi connectivity index (χ2v) is 4.86. The topological polar surface area (TPSA) is 51.5 Å². The molecule has 0 amide bonds. The van der Waals surface area contributed by atoms with Gasteiger partial charge in [0, 0.05) is 20.8 Å². The van der Waals surface area contributed by atoms with E-state index in [9.17, 15) is 0 Å². The Morgan fingerprint density at radius 1 is 1.36 bits per heavy atom. The van der Waals surface area contributed by atoms with E-state index in [-0.39, 0.29) is 0 Å². The maximum absolute atomic E-state index is 8.21. The molecule has 0 radical (unpaired) electrons. The van der Waals surface area contributed by atoms with E-state index < -0.39 is 8.80 Å². The van der Waals surface area contributed by atoms with Crippen molar-refractivity contribution in [2.24, 2.45) is 0 Å². The SMILES string of the molecule is CO[Si](C)(OC)OCCC#N. The fourth-order valence-electron chi connectivity index (χ4n) is 0.483. The zero-order valence-corrected chi connectivity index (χ0v) is 8.09. The average molecular weight is 175 g/mol. The van der Waals surface area contributed by atoms with Crippen molar-refractivity contribution in [2.75, 3.05) is 20.8 Å². The van der Waals surface area contributed by atoms with Crippen LogP contribution in [0.25, 0.3) is 0 Å². The van der Waals surface area contributed by atoms with Crippen LogP contribution in [0.15, 0.2) is 0 Å². The van der Waals surface area contributed by atoms with E-state index in [0.717, 1.165) is 0 Å². The maximum Gasteiger partial charge on any atom is 0.497 e. The summed E-state index contributed by atoms with van der Waals surface area (Å²) in [6, 6.07) is 1.97. The minimum absolute atomic E-state index is 0.370. The third-order valence-electron chi connectivity index (χ3n) is 1.32. The van der Waals surface area contributed by atoms with Crippen molar-refractivity contribution in [3.63, 3.8) is 0 Å². The van der Waals surface area contributed by atoms with Gasteiger partial charge in [0.2, 0.25) is 0 Å². The van der Waals surface area contributed by atoms with E-state index >= 15 is 0 Å². The number of nitriles is 1. The Morgan fingerprint density at radius 3 is 2.27 bits per heavy atom. The predicted molar refractivity (Wildman–Crippen MR) is 41.8 cm³/mol. The Morgan fingerprint density at radius 2 is 1.91 bits per heavy atom. The molecule has 0 fully saturated rings. The van der Waals surface area contributed by atoms with E-state index in [1.165, 1.54) is 0 Å². The lowest BCUT2D eigenvalue weighted by Crippen LogP contribution is -2.40. The van der Waals surface area contributed by atoms with Crippen molar-refractivity contribution in [2.45, 2.75) is 13.0 Å². The Kier molecular flexibility index (Phi) is 5.07. The van der Waals surface area contributed by atoms with Crippen LogP contribution >= 0.6 is 0 Å². The molecule has 0 bridgehead atoms. The summed E-state index contributed by atoms with van der Waals surface area (Å²) in [6.07, 6.45) is 0.370. The van der Waals surface area contributed by atoms with Gasteiger partial charge in [-0.05, 0) is 0 Å². The van der Waals surface area contributed by atoms with Crippen molar-refractivity contribution in [3.8, 4) is 6.07 Å². The highest BCUT2D eigenvalue weighted by Gasteiger charge is 2.31. The van der Waals surface area contributed by atoms with Gasteiger partial charge >= 0.3 is 8.80 Å². The Balaban J connectivity index is 3.62. The van der Waals surface area contributed by atoms with Crippen molar-refractivity contribution in [1.82, 2.24) is 0 Å². The van der Waals surface area contributed by atoms with Gasteiger partial charge in [0.05, 0.1) is 19.1 Å². The van der Waals surface area contributed by atoms with Crippen LogP contribution in [0.5, 0.6) is 0 Å². The molecule has 64 valence electrons. The third-order valence-corrected chi connectivity index (χ3v) is 3.53. The molecule has 0 atom stereocenters. The quantitative estimate of drug-likeness (QED) is 0.457. The molecule has 0 aliphatic carbocycles. The normalized spacial score (nSPS) is 11.1. The van der Waals surface area contributed by atoms with E-state index in [1.807, 2.05) is 6.07 Å². The Labute approximate surface area is 68.0 Å². The first-order valence-corrected chi connectivity index (χ1v) is 5.52. The summed E-state index contributed by atoms with van der Waals surface area (Å²) in [5, 5.41) is 8.21. The molecule has 0 heterocycles. The van der Waals surface area contributed by atoms with Gasteiger partial charge in [-0.2, -0.15) is 5.26 Å².